The Hall–Kier alpha value is -2.68. The molecule has 0 radical (unpaired) electrons. The monoisotopic (exact) mass is 336 g/mol. The number of amides is 1. The summed E-state index contributed by atoms with van der Waals surface area (Å²) in [4.78, 5) is 24.0. The Kier molecular flexibility index (Phi) is 3.60. The van der Waals surface area contributed by atoms with Crippen molar-refractivity contribution in [1.82, 2.24) is 10.2 Å². The number of carbonyl (C=O) groups is 2. The number of Topliss-reactive ketones (excluding diaryl/α,β-unsaturated/α-hetero) is 1. The average Bonchev–Trinajstić information content (AvgIpc) is 2.94. The summed E-state index contributed by atoms with van der Waals surface area (Å²) in [6, 6.07) is 5.78. The van der Waals surface area contributed by atoms with Gasteiger partial charge in [-0.15, -0.1) is 0 Å². The highest BCUT2D eigenvalue weighted by molar-refractivity contribution is 6.01. The van der Waals surface area contributed by atoms with E-state index in [2.05, 4.69) is 21.6 Å². The van der Waals surface area contributed by atoms with Crippen molar-refractivity contribution >= 4 is 28.4 Å². The largest absolute Gasteiger partial charge is 0.308 e. The van der Waals surface area contributed by atoms with Gasteiger partial charge in [0.25, 0.3) is 0 Å². The molecule has 2 aromatic rings. The van der Waals surface area contributed by atoms with Gasteiger partial charge in [0.1, 0.15) is 5.78 Å². The van der Waals surface area contributed by atoms with Crippen LogP contribution in [0.1, 0.15) is 49.7 Å². The van der Waals surface area contributed by atoms with Gasteiger partial charge in [-0.1, -0.05) is 0 Å². The van der Waals surface area contributed by atoms with E-state index in [-0.39, 0.29) is 17.2 Å². The van der Waals surface area contributed by atoms with Crippen molar-refractivity contribution in [3.05, 3.63) is 23.3 Å². The number of anilines is 1. The van der Waals surface area contributed by atoms with Gasteiger partial charge < -0.3 is 5.32 Å². The number of H-pyrrole nitrogens is 1. The smallest absolute Gasteiger partial charge is 0.228 e. The summed E-state index contributed by atoms with van der Waals surface area (Å²) in [5.41, 5.74) is 2.42. The number of carbonyl (C=O) groups excluding carboxylic acids is 2. The van der Waals surface area contributed by atoms with Crippen LogP contribution in [0.2, 0.25) is 0 Å². The SMILES string of the molecule is Cc1cc2c(NC(=O)C3CC4(CCC(=O)CC4)C3)n[nH]c2cc1C#N. The second kappa shape index (κ2) is 5.69. The Balaban J connectivity index is 1.46. The van der Waals surface area contributed by atoms with Crippen LogP contribution < -0.4 is 5.32 Å². The predicted molar refractivity (Wildman–Crippen MR) is 92.8 cm³/mol. The maximum Gasteiger partial charge on any atom is 0.228 e. The first kappa shape index (κ1) is 15.8. The normalized spacial score (nSPS) is 19.6. The zero-order valence-corrected chi connectivity index (χ0v) is 14.2. The predicted octanol–water partition coefficient (Wildman–Crippen LogP) is 3.22. The number of hydrogen-bond donors (Lipinski definition) is 2. The van der Waals surface area contributed by atoms with Crippen LogP contribution >= 0.6 is 0 Å². The van der Waals surface area contributed by atoms with E-state index in [1.165, 1.54) is 0 Å². The maximum absolute atomic E-state index is 12.6. The molecule has 1 spiro atoms. The van der Waals surface area contributed by atoms with Crippen molar-refractivity contribution in [3.63, 3.8) is 0 Å². The molecule has 1 amide bonds. The minimum Gasteiger partial charge on any atom is -0.308 e. The molecule has 2 fully saturated rings. The van der Waals surface area contributed by atoms with Crippen molar-refractivity contribution in [2.24, 2.45) is 11.3 Å². The molecule has 0 bridgehead atoms. The number of aromatic amines is 1. The fraction of sp³-hybridized carbons (Fsp3) is 0.474. The van der Waals surface area contributed by atoms with E-state index in [1.807, 2.05) is 13.0 Å². The molecule has 6 heteroatoms. The number of aromatic nitrogens is 2. The van der Waals surface area contributed by atoms with E-state index in [9.17, 15) is 9.59 Å². The van der Waals surface area contributed by atoms with Gasteiger partial charge in [-0.05, 0) is 55.7 Å². The van der Waals surface area contributed by atoms with Gasteiger partial charge in [0.2, 0.25) is 5.91 Å². The van der Waals surface area contributed by atoms with Crippen molar-refractivity contribution in [2.75, 3.05) is 5.32 Å². The van der Waals surface area contributed by atoms with Crippen LogP contribution in [0.3, 0.4) is 0 Å². The Bertz CT molecular complexity index is 903. The highest BCUT2D eigenvalue weighted by Gasteiger charge is 2.48. The van der Waals surface area contributed by atoms with E-state index in [0.29, 0.717) is 30.0 Å². The molecular weight excluding hydrogens is 316 g/mol. The third-order valence-electron chi connectivity index (χ3n) is 5.87. The number of hydrogen-bond acceptors (Lipinski definition) is 4. The van der Waals surface area contributed by atoms with E-state index in [4.69, 9.17) is 5.26 Å². The first-order chi connectivity index (χ1) is 12.0. The fourth-order valence-electron chi connectivity index (χ4n) is 4.25. The first-order valence-corrected chi connectivity index (χ1v) is 8.71. The summed E-state index contributed by atoms with van der Waals surface area (Å²) in [5.74, 6) is 0.873. The standard InChI is InChI=1S/C19H20N4O2/c1-11-6-15-16(7-12(11)10-20)22-23-17(15)21-18(25)13-8-19(9-13)4-2-14(24)3-5-19/h6-7,13H,2-5,8-9H2,1H3,(H2,21,22,23,25). The molecule has 4 rings (SSSR count). The molecule has 0 aliphatic heterocycles. The zero-order chi connectivity index (χ0) is 17.6. The van der Waals surface area contributed by atoms with Gasteiger partial charge in [0, 0.05) is 24.1 Å². The molecule has 2 saturated carbocycles. The van der Waals surface area contributed by atoms with Gasteiger partial charge in [-0.2, -0.15) is 10.4 Å². The Morgan fingerprint density at radius 3 is 2.76 bits per heavy atom. The lowest BCUT2D eigenvalue weighted by Gasteiger charge is -2.49. The fourth-order valence-corrected chi connectivity index (χ4v) is 4.25. The van der Waals surface area contributed by atoms with E-state index in [1.54, 1.807) is 6.07 Å². The summed E-state index contributed by atoms with van der Waals surface area (Å²) in [5, 5.41) is 19.9. The summed E-state index contributed by atoms with van der Waals surface area (Å²) >= 11 is 0. The van der Waals surface area contributed by atoms with E-state index in [0.717, 1.165) is 42.1 Å². The Labute approximate surface area is 145 Å². The summed E-state index contributed by atoms with van der Waals surface area (Å²) in [6.45, 7) is 1.87. The van der Waals surface area contributed by atoms with Gasteiger partial charge in [-0.3, -0.25) is 14.7 Å². The van der Waals surface area contributed by atoms with Crippen molar-refractivity contribution in [3.8, 4) is 6.07 Å². The van der Waals surface area contributed by atoms with Gasteiger partial charge in [-0.25, -0.2) is 0 Å². The van der Waals surface area contributed by atoms with Crippen molar-refractivity contribution in [2.45, 2.75) is 45.4 Å². The summed E-state index contributed by atoms with van der Waals surface area (Å²) in [7, 11) is 0. The van der Waals surface area contributed by atoms with Crippen LogP contribution in [0.5, 0.6) is 0 Å². The lowest BCUT2D eigenvalue weighted by molar-refractivity contribution is -0.132. The second-order valence-corrected chi connectivity index (χ2v) is 7.53. The number of nitrogens with zero attached hydrogens (tertiary/aromatic N) is 2. The highest BCUT2D eigenvalue weighted by Crippen LogP contribution is 2.54. The molecule has 25 heavy (non-hydrogen) atoms. The number of rotatable bonds is 2. The highest BCUT2D eigenvalue weighted by atomic mass is 16.2. The molecule has 1 aromatic carbocycles. The van der Waals surface area contributed by atoms with Crippen LogP contribution in [0.15, 0.2) is 12.1 Å². The molecule has 2 aliphatic rings. The molecular formula is C19H20N4O2. The molecule has 0 saturated heterocycles. The lowest BCUT2D eigenvalue weighted by atomic mass is 9.55. The molecule has 1 heterocycles. The average molecular weight is 336 g/mol. The number of aryl methyl sites for hydroxylation is 1. The van der Waals surface area contributed by atoms with Crippen LogP contribution in [-0.4, -0.2) is 21.9 Å². The van der Waals surface area contributed by atoms with Crippen molar-refractivity contribution in [1.29, 1.82) is 5.26 Å². The minimum absolute atomic E-state index is 0.000527. The molecule has 2 N–H and O–H groups in total. The maximum atomic E-state index is 12.6. The topological polar surface area (TPSA) is 98.6 Å². The summed E-state index contributed by atoms with van der Waals surface area (Å²) in [6.07, 6.45) is 4.92. The quantitative estimate of drug-likeness (QED) is 0.879. The van der Waals surface area contributed by atoms with E-state index < -0.39 is 0 Å². The van der Waals surface area contributed by atoms with Crippen LogP contribution in [-0.2, 0) is 9.59 Å². The van der Waals surface area contributed by atoms with Crippen LogP contribution in [0.25, 0.3) is 10.9 Å². The van der Waals surface area contributed by atoms with Crippen molar-refractivity contribution < 1.29 is 9.59 Å². The summed E-state index contributed by atoms with van der Waals surface area (Å²) < 4.78 is 0. The molecule has 128 valence electrons. The molecule has 2 aliphatic carbocycles. The molecule has 1 aromatic heterocycles. The molecule has 6 nitrogen and oxygen atoms in total. The van der Waals surface area contributed by atoms with Crippen LogP contribution in [0, 0.1) is 29.6 Å². The number of nitrogens with one attached hydrogen (secondary N) is 2. The van der Waals surface area contributed by atoms with Gasteiger partial charge >= 0.3 is 0 Å². The van der Waals surface area contributed by atoms with Gasteiger partial charge in [0.05, 0.1) is 17.1 Å². The zero-order valence-electron chi connectivity index (χ0n) is 14.2. The third-order valence-corrected chi connectivity index (χ3v) is 5.87. The molecule has 0 unspecified atom stereocenters. The van der Waals surface area contributed by atoms with Crippen LogP contribution in [0.4, 0.5) is 5.82 Å². The number of nitriles is 1. The first-order valence-electron chi connectivity index (χ1n) is 8.71. The lowest BCUT2D eigenvalue weighted by Crippen LogP contribution is -2.45. The third kappa shape index (κ3) is 2.70. The molecule has 0 atom stereocenters. The van der Waals surface area contributed by atoms with E-state index >= 15 is 0 Å². The number of ketones is 1. The second-order valence-electron chi connectivity index (χ2n) is 7.53. The Morgan fingerprint density at radius 2 is 2.08 bits per heavy atom. The number of benzene rings is 1. The van der Waals surface area contributed by atoms with Gasteiger partial charge in [0.15, 0.2) is 5.82 Å². The Morgan fingerprint density at radius 1 is 1.36 bits per heavy atom. The number of fused-ring (bicyclic) bond motifs is 1. The minimum atomic E-state index is -0.00191.